The molecule has 0 bridgehead atoms. The molecule has 3 aromatic rings. The lowest BCUT2D eigenvalue weighted by Gasteiger charge is -2.34. The lowest BCUT2D eigenvalue weighted by atomic mass is 10.1. The molecule has 1 N–H and O–H groups in total. The fourth-order valence-corrected chi connectivity index (χ4v) is 6.47. The molecule has 0 aromatic heterocycles. The topological polar surface area (TPSA) is 86.8 Å². The van der Waals surface area contributed by atoms with E-state index < -0.39 is 28.5 Å². The molecule has 0 saturated heterocycles. The molecule has 2 amide bonds. The first-order chi connectivity index (χ1) is 19.4. The number of hydrogen-bond donors (Lipinski definition) is 1. The molecule has 0 spiro atoms. The maximum Gasteiger partial charge on any atom is 0.264 e. The van der Waals surface area contributed by atoms with Crippen LogP contribution in [0.3, 0.4) is 0 Å². The summed E-state index contributed by atoms with van der Waals surface area (Å²) in [4.78, 5) is 28.9. The van der Waals surface area contributed by atoms with Gasteiger partial charge in [-0.05, 0) is 75.1 Å². The van der Waals surface area contributed by atoms with Crippen molar-refractivity contribution in [3.63, 3.8) is 0 Å². The monoisotopic (exact) mass is 617 g/mol. The molecular weight excluding hydrogens is 581 g/mol. The Bertz CT molecular complexity index is 1470. The molecule has 3 aromatic carbocycles. The van der Waals surface area contributed by atoms with E-state index in [4.69, 9.17) is 23.2 Å². The summed E-state index contributed by atoms with van der Waals surface area (Å²) < 4.78 is 29.3. The van der Waals surface area contributed by atoms with Gasteiger partial charge in [0.1, 0.15) is 12.6 Å². The lowest BCUT2D eigenvalue weighted by Crippen LogP contribution is -2.52. The summed E-state index contributed by atoms with van der Waals surface area (Å²) in [5.41, 5.74) is 3.30. The number of halogens is 2. The third kappa shape index (κ3) is 7.82. The molecule has 0 aliphatic carbocycles. The van der Waals surface area contributed by atoms with Gasteiger partial charge in [0, 0.05) is 28.7 Å². The van der Waals surface area contributed by atoms with Crippen molar-refractivity contribution >= 4 is 50.7 Å². The molecule has 3 rings (SSSR count). The summed E-state index contributed by atoms with van der Waals surface area (Å²) in [5.74, 6) is -0.887. The largest absolute Gasteiger partial charge is 0.354 e. The average Bonchev–Trinajstić information content (AvgIpc) is 2.93. The second-order valence-corrected chi connectivity index (χ2v) is 12.7. The van der Waals surface area contributed by atoms with Gasteiger partial charge in [0.15, 0.2) is 0 Å². The summed E-state index contributed by atoms with van der Waals surface area (Å²) in [6.45, 7) is 9.11. The number of sulfonamides is 1. The smallest absolute Gasteiger partial charge is 0.264 e. The molecule has 0 aliphatic heterocycles. The molecule has 10 heteroatoms. The van der Waals surface area contributed by atoms with E-state index in [1.807, 2.05) is 32.9 Å². The van der Waals surface area contributed by atoms with E-state index in [1.54, 1.807) is 50.2 Å². The molecule has 1 atom stereocenters. The van der Waals surface area contributed by atoms with Crippen molar-refractivity contribution in [3.8, 4) is 0 Å². The normalized spacial score (nSPS) is 12.1. The van der Waals surface area contributed by atoms with Crippen LogP contribution in [0.15, 0.2) is 65.6 Å². The molecule has 41 heavy (non-hydrogen) atoms. The second-order valence-electron chi connectivity index (χ2n) is 10.1. The number of aryl methyl sites for hydroxylation is 3. The number of nitrogens with one attached hydrogen (secondary N) is 1. The minimum Gasteiger partial charge on any atom is -0.354 e. The van der Waals surface area contributed by atoms with Gasteiger partial charge in [-0.15, -0.1) is 0 Å². The van der Waals surface area contributed by atoms with Gasteiger partial charge in [-0.3, -0.25) is 13.9 Å². The third-order valence-electron chi connectivity index (χ3n) is 6.85. The van der Waals surface area contributed by atoms with E-state index >= 15 is 0 Å². The number of carbonyl (C=O) groups is 2. The van der Waals surface area contributed by atoms with Gasteiger partial charge in [0.2, 0.25) is 11.8 Å². The van der Waals surface area contributed by atoms with Crippen LogP contribution < -0.4 is 9.62 Å². The Morgan fingerprint density at radius 2 is 1.51 bits per heavy atom. The highest BCUT2D eigenvalue weighted by Crippen LogP contribution is 2.30. The van der Waals surface area contributed by atoms with E-state index in [2.05, 4.69) is 5.32 Å². The van der Waals surface area contributed by atoms with Crippen LogP contribution in [0.25, 0.3) is 0 Å². The number of nitrogens with zero attached hydrogens (tertiary/aromatic N) is 2. The van der Waals surface area contributed by atoms with Crippen molar-refractivity contribution in [3.05, 3.63) is 93.0 Å². The average molecular weight is 619 g/mol. The number of hydrogen-bond acceptors (Lipinski definition) is 4. The van der Waals surface area contributed by atoms with E-state index in [0.29, 0.717) is 39.8 Å². The van der Waals surface area contributed by atoms with Crippen LogP contribution in [0.1, 0.15) is 48.9 Å². The minimum absolute atomic E-state index is 0.0604. The predicted molar refractivity (Wildman–Crippen MR) is 166 cm³/mol. The maximum atomic E-state index is 14.2. The van der Waals surface area contributed by atoms with E-state index in [0.717, 1.165) is 21.9 Å². The zero-order valence-electron chi connectivity index (χ0n) is 24.1. The van der Waals surface area contributed by atoms with Crippen LogP contribution in [-0.2, 0) is 26.2 Å². The third-order valence-corrected chi connectivity index (χ3v) is 9.33. The Morgan fingerprint density at radius 1 is 0.902 bits per heavy atom. The Hall–Kier alpha value is -3.07. The van der Waals surface area contributed by atoms with Gasteiger partial charge in [-0.2, -0.15) is 0 Å². The highest BCUT2D eigenvalue weighted by Gasteiger charge is 2.34. The molecule has 0 radical (unpaired) electrons. The Labute approximate surface area is 253 Å². The van der Waals surface area contributed by atoms with E-state index in [1.165, 1.54) is 17.0 Å². The first-order valence-electron chi connectivity index (χ1n) is 13.6. The van der Waals surface area contributed by atoms with Gasteiger partial charge < -0.3 is 10.2 Å². The van der Waals surface area contributed by atoms with Crippen LogP contribution in [0, 0.1) is 20.8 Å². The van der Waals surface area contributed by atoms with Crippen molar-refractivity contribution in [2.45, 2.75) is 64.9 Å². The molecule has 7 nitrogen and oxygen atoms in total. The first-order valence-corrected chi connectivity index (χ1v) is 15.8. The Balaban J connectivity index is 2.13. The summed E-state index contributed by atoms with van der Waals surface area (Å²) >= 11 is 12.9. The van der Waals surface area contributed by atoms with Crippen LogP contribution in [0.2, 0.25) is 10.0 Å². The Kier molecular flexibility index (Phi) is 11.2. The van der Waals surface area contributed by atoms with Crippen molar-refractivity contribution in [2.24, 2.45) is 0 Å². The number of rotatable bonds is 12. The summed E-state index contributed by atoms with van der Waals surface area (Å²) in [5, 5.41) is 3.56. The number of benzene rings is 3. The van der Waals surface area contributed by atoms with E-state index in [9.17, 15) is 18.0 Å². The van der Waals surface area contributed by atoms with Crippen molar-refractivity contribution in [2.75, 3.05) is 17.4 Å². The number of anilines is 1. The molecule has 0 fully saturated rings. The summed E-state index contributed by atoms with van der Waals surface area (Å²) in [7, 11) is -4.16. The zero-order valence-corrected chi connectivity index (χ0v) is 26.4. The fraction of sp³-hybridized carbons (Fsp3) is 0.355. The summed E-state index contributed by atoms with van der Waals surface area (Å²) in [6, 6.07) is 16.1. The quantitative estimate of drug-likeness (QED) is 0.253. The molecule has 0 heterocycles. The molecule has 0 saturated carbocycles. The van der Waals surface area contributed by atoms with Crippen LogP contribution in [-0.4, -0.2) is 44.3 Å². The van der Waals surface area contributed by atoms with Crippen molar-refractivity contribution in [1.29, 1.82) is 0 Å². The van der Waals surface area contributed by atoms with Crippen molar-refractivity contribution < 1.29 is 18.0 Å². The highest BCUT2D eigenvalue weighted by molar-refractivity contribution is 7.92. The number of amides is 2. The molecule has 0 aliphatic rings. The standard InChI is InChI=1S/C31H37Cl2N3O4S/c1-6-17-34-31(38)28(7-2)35(19-25-26(32)9-8-10-27(25)33)30(37)20-36(29-18-22(4)11-14-23(29)5)41(39,40)24-15-12-21(3)13-16-24/h8-16,18,28H,6-7,17,19-20H2,1-5H3,(H,34,38). The predicted octanol–water partition coefficient (Wildman–Crippen LogP) is 6.45. The van der Waals surface area contributed by atoms with Crippen LogP contribution in [0.5, 0.6) is 0 Å². The van der Waals surface area contributed by atoms with Gasteiger partial charge in [-0.25, -0.2) is 8.42 Å². The fourth-order valence-electron chi connectivity index (χ4n) is 4.48. The summed E-state index contributed by atoms with van der Waals surface area (Å²) in [6.07, 6.45) is 1.03. The minimum atomic E-state index is -4.16. The molecular formula is C31H37Cl2N3O4S. The zero-order chi connectivity index (χ0) is 30.3. The van der Waals surface area contributed by atoms with Crippen LogP contribution >= 0.6 is 23.2 Å². The molecule has 220 valence electrons. The number of carbonyl (C=O) groups excluding carboxylic acids is 2. The SMILES string of the molecule is CCCNC(=O)C(CC)N(Cc1c(Cl)cccc1Cl)C(=O)CN(c1cc(C)ccc1C)S(=O)(=O)c1ccc(C)cc1. The highest BCUT2D eigenvalue weighted by atomic mass is 35.5. The van der Waals surface area contributed by atoms with E-state index in [-0.39, 0.29) is 17.3 Å². The van der Waals surface area contributed by atoms with Gasteiger partial charge in [-0.1, -0.05) is 72.9 Å². The van der Waals surface area contributed by atoms with Gasteiger partial charge in [0.25, 0.3) is 10.0 Å². The van der Waals surface area contributed by atoms with Gasteiger partial charge in [0.05, 0.1) is 10.6 Å². The second kappa shape index (κ2) is 14.2. The Morgan fingerprint density at radius 3 is 2.10 bits per heavy atom. The molecule has 1 unspecified atom stereocenters. The van der Waals surface area contributed by atoms with Crippen molar-refractivity contribution in [1.82, 2.24) is 10.2 Å². The first kappa shape index (κ1) is 32.4. The van der Waals surface area contributed by atoms with Crippen LogP contribution in [0.4, 0.5) is 5.69 Å². The maximum absolute atomic E-state index is 14.2. The lowest BCUT2D eigenvalue weighted by molar-refractivity contribution is -0.140. The van der Waals surface area contributed by atoms with Gasteiger partial charge >= 0.3 is 0 Å².